The van der Waals surface area contributed by atoms with Crippen molar-refractivity contribution in [3.63, 3.8) is 0 Å². The fourth-order valence-electron chi connectivity index (χ4n) is 2.93. The van der Waals surface area contributed by atoms with Gasteiger partial charge in [-0.15, -0.1) is 11.3 Å². The number of hydrogen-bond acceptors (Lipinski definition) is 4. The predicted octanol–water partition coefficient (Wildman–Crippen LogP) is 3.02. The summed E-state index contributed by atoms with van der Waals surface area (Å²) < 4.78 is 40.6. The summed E-state index contributed by atoms with van der Waals surface area (Å²) in [7, 11) is 1.69. The number of thiophene rings is 1. The molecule has 1 aliphatic heterocycles. The number of nitrogens with one attached hydrogen (secondary N) is 2. The Balaban J connectivity index is 1.71. The van der Waals surface area contributed by atoms with Crippen LogP contribution in [-0.4, -0.2) is 63.5 Å². The number of ether oxygens (including phenoxy) is 1. The maximum absolute atomic E-state index is 12.0. The zero-order valence-electron chi connectivity index (χ0n) is 15.0. The van der Waals surface area contributed by atoms with Crippen LogP contribution >= 0.6 is 11.3 Å². The average molecular weight is 392 g/mol. The molecule has 1 fully saturated rings. The van der Waals surface area contributed by atoms with Gasteiger partial charge in [-0.3, -0.25) is 9.89 Å². The highest BCUT2D eigenvalue weighted by Gasteiger charge is 2.27. The topological polar surface area (TPSA) is 48.9 Å². The highest BCUT2D eigenvalue weighted by Crippen LogP contribution is 2.27. The average Bonchev–Trinajstić information content (AvgIpc) is 3.29. The summed E-state index contributed by atoms with van der Waals surface area (Å²) in [6.07, 6.45) is -1.33. The molecule has 2 rings (SSSR count). The molecule has 0 bridgehead atoms. The van der Waals surface area contributed by atoms with Gasteiger partial charge in [0.1, 0.15) is 6.61 Å². The largest absolute Gasteiger partial charge is 0.411 e. The zero-order valence-corrected chi connectivity index (χ0v) is 15.8. The van der Waals surface area contributed by atoms with Crippen molar-refractivity contribution >= 4 is 17.3 Å². The molecule has 1 atom stereocenters. The van der Waals surface area contributed by atoms with Gasteiger partial charge in [0.15, 0.2) is 5.96 Å². The normalized spacial score (nSPS) is 17.5. The number of guanidine groups is 1. The van der Waals surface area contributed by atoms with Gasteiger partial charge in [-0.1, -0.05) is 6.07 Å². The molecule has 1 aliphatic rings. The van der Waals surface area contributed by atoms with Crippen molar-refractivity contribution in [2.75, 3.05) is 46.4 Å². The lowest BCUT2D eigenvalue weighted by molar-refractivity contribution is -0.173. The minimum atomic E-state index is -4.27. The van der Waals surface area contributed by atoms with E-state index in [0.29, 0.717) is 25.0 Å². The van der Waals surface area contributed by atoms with Gasteiger partial charge in [0, 0.05) is 31.6 Å². The van der Waals surface area contributed by atoms with Gasteiger partial charge in [0.2, 0.25) is 0 Å². The van der Waals surface area contributed by atoms with Crippen molar-refractivity contribution in [3.05, 3.63) is 22.4 Å². The van der Waals surface area contributed by atoms with E-state index in [1.54, 1.807) is 18.4 Å². The van der Waals surface area contributed by atoms with Gasteiger partial charge in [0.25, 0.3) is 0 Å². The lowest BCUT2D eigenvalue weighted by Crippen LogP contribution is -2.42. The van der Waals surface area contributed by atoms with E-state index in [0.717, 1.165) is 19.6 Å². The van der Waals surface area contributed by atoms with Crippen LogP contribution in [0.2, 0.25) is 0 Å². The van der Waals surface area contributed by atoms with Crippen molar-refractivity contribution < 1.29 is 17.9 Å². The minimum Gasteiger partial charge on any atom is -0.372 e. The molecular formula is C17H27F3N4OS. The van der Waals surface area contributed by atoms with E-state index in [1.807, 2.05) is 0 Å². The molecular weight excluding hydrogens is 365 g/mol. The number of nitrogens with zero attached hydrogens (tertiary/aromatic N) is 2. The second-order valence-corrected chi connectivity index (χ2v) is 7.15. The first-order valence-corrected chi connectivity index (χ1v) is 9.74. The summed E-state index contributed by atoms with van der Waals surface area (Å²) in [6.45, 7) is 2.32. The van der Waals surface area contributed by atoms with Crippen LogP contribution in [0.1, 0.15) is 30.2 Å². The molecule has 1 saturated heterocycles. The molecule has 0 spiro atoms. The number of hydrogen-bond donors (Lipinski definition) is 2. The van der Waals surface area contributed by atoms with E-state index < -0.39 is 12.8 Å². The Labute approximate surface area is 156 Å². The SMILES string of the molecule is CN=C(NCCCOCC(F)(F)F)NCC(c1cccs1)N1CCCC1. The van der Waals surface area contributed by atoms with E-state index in [4.69, 9.17) is 0 Å². The van der Waals surface area contributed by atoms with Crippen LogP contribution in [0.15, 0.2) is 22.5 Å². The van der Waals surface area contributed by atoms with Gasteiger partial charge in [-0.05, 0) is 43.8 Å². The third-order valence-corrected chi connectivity index (χ3v) is 5.14. The van der Waals surface area contributed by atoms with Crippen molar-refractivity contribution in [1.82, 2.24) is 15.5 Å². The maximum Gasteiger partial charge on any atom is 0.411 e. The van der Waals surface area contributed by atoms with Gasteiger partial charge >= 0.3 is 6.18 Å². The molecule has 1 aromatic rings. The van der Waals surface area contributed by atoms with Gasteiger partial charge < -0.3 is 15.4 Å². The smallest absolute Gasteiger partial charge is 0.372 e. The first-order chi connectivity index (χ1) is 12.5. The molecule has 1 aromatic heterocycles. The third kappa shape index (κ3) is 7.51. The Hall–Kier alpha value is -1.32. The number of rotatable bonds is 9. The summed E-state index contributed by atoms with van der Waals surface area (Å²) >= 11 is 1.76. The summed E-state index contributed by atoms with van der Waals surface area (Å²) in [5.74, 6) is 0.654. The van der Waals surface area contributed by atoms with Gasteiger partial charge in [-0.2, -0.15) is 13.2 Å². The fraction of sp³-hybridized carbons (Fsp3) is 0.706. The standard InChI is InChI=1S/C17H27F3N4OS/c1-21-16(22-7-5-10-25-13-17(18,19)20)23-12-14(15-6-4-11-26-15)24-8-2-3-9-24/h4,6,11,14H,2-3,5,7-10,12-13H2,1H3,(H2,21,22,23). The van der Waals surface area contributed by atoms with Gasteiger partial charge in [0.05, 0.1) is 6.04 Å². The Morgan fingerprint density at radius 3 is 2.73 bits per heavy atom. The quantitative estimate of drug-likeness (QED) is 0.385. The maximum atomic E-state index is 12.0. The van der Waals surface area contributed by atoms with Crippen molar-refractivity contribution in [3.8, 4) is 0 Å². The van der Waals surface area contributed by atoms with Crippen LogP contribution < -0.4 is 10.6 Å². The van der Waals surface area contributed by atoms with Crippen LogP contribution in [0.4, 0.5) is 13.2 Å². The molecule has 1 unspecified atom stereocenters. The van der Waals surface area contributed by atoms with E-state index in [2.05, 4.69) is 42.8 Å². The molecule has 2 N–H and O–H groups in total. The van der Waals surface area contributed by atoms with E-state index in [1.165, 1.54) is 17.7 Å². The molecule has 0 amide bonds. The Morgan fingerprint density at radius 2 is 2.12 bits per heavy atom. The van der Waals surface area contributed by atoms with Gasteiger partial charge in [-0.25, -0.2) is 0 Å². The molecule has 0 aliphatic carbocycles. The zero-order chi connectivity index (χ0) is 18.8. The van der Waals surface area contributed by atoms with E-state index in [-0.39, 0.29) is 6.61 Å². The number of aliphatic imine (C=N–C) groups is 1. The first-order valence-electron chi connectivity index (χ1n) is 8.86. The second kappa shape index (κ2) is 10.7. The monoisotopic (exact) mass is 392 g/mol. The Kier molecular flexibility index (Phi) is 8.67. The molecule has 5 nitrogen and oxygen atoms in total. The van der Waals surface area contributed by atoms with Crippen LogP contribution in [0, 0.1) is 0 Å². The predicted molar refractivity (Wildman–Crippen MR) is 98.7 cm³/mol. The molecule has 148 valence electrons. The van der Waals surface area contributed by atoms with Crippen molar-refractivity contribution in [2.24, 2.45) is 4.99 Å². The highest BCUT2D eigenvalue weighted by molar-refractivity contribution is 7.10. The number of alkyl halides is 3. The van der Waals surface area contributed by atoms with E-state index in [9.17, 15) is 13.2 Å². The summed E-state index contributed by atoms with van der Waals surface area (Å²) in [6, 6.07) is 4.53. The Bertz CT molecular complexity index is 531. The second-order valence-electron chi connectivity index (χ2n) is 6.18. The molecule has 0 radical (unpaired) electrons. The molecule has 9 heteroatoms. The highest BCUT2D eigenvalue weighted by atomic mass is 32.1. The lowest BCUT2D eigenvalue weighted by atomic mass is 10.2. The van der Waals surface area contributed by atoms with E-state index >= 15 is 0 Å². The fourth-order valence-corrected chi connectivity index (χ4v) is 3.79. The minimum absolute atomic E-state index is 0.0646. The van der Waals surface area contributed by atoms with Crippen molar-refractivity contribution in [1.29, 1.82) is 0 Å². The van der Waals surface area contributed by atoms with Crippen LogP contribution in [0.5, 0.6) is 0 Å². The summed E-state index contributed by atoms with van der Waals surface area (Å²) in [4.78, 5) is 8.00. The van der Waals surface area contributed by atoms with Crippen LogP contribution in [0.3, 0.4) is 0 Å². The summed E-state index contributed by atoms with van der Waals surface area (Å²) in [5.41, 5.74) is 0. The molecule has 0 aromatic carbocycles. The summed E-state index contributed by atoms with van der Waals surface area (Å²) in [5, 5.41) is 8.54. The third-order valence-electron chi connectivity index (χ3n) is 4.16. The number of halogens is 3. The molecule has 26 heavy (non-hydrogen) atoms. The first kappa shape index (κ1) is 21.0. The van der Waals surface area contributed by atoms with Crippen LogP contribution in [0.25, 0.3) is 0 Å². The Morgan fingerprint density at radius 1 is 1.35 bits per heavy atom. The molecule has 0 saturated carbocycles. The molecule has 2 heterocycles. The van der Waals surface area contributed by atoms with Crippen LogP contribution in [-0.2, 0) is 4.74 Å². The number of likely N-dealkylation sites (tertiary alicyclic amines) is 1. The lowest BCUT2D eigenvalue weighted by Gasteiger charge is -2.27. The van der Waals surface area contributed by atoms with Crippen molar-refractivity contribution in [2.45, 2.75) is 31.5 Å².